The Morgan fingerprint density at radius 1 is 1.04 bits per heavy atom. The SMILES string of the molecule is COc1cc(/C=C/C(=O)Nc2cccc3ccccc23)ccc1OCC(N)=O. The van der Waals surface area contributed by atoms with Gasteiger partial charge in [-0.3, -0.25) is 9.59 Å². The number of rotatable bonds is 7. The predicted molar refractivity (Wildman–Crippen MR) is 109 cm³/mol. The first kappa shape index (κ1) is 19.0. The molecule has 0 aliphatic heterocycles. The molecule has 0 aliphatic carbocycles. The van der Waals surface area contributed by atoms with E-state index in [0.717, 1.165) is 22.0 Å². The summed E-state index contributed by atoms with van der Waals surface area (Å²) in [6.07, 6.45) is 3.11. The Bertz CT molecular complexity index is 1040. The molecule has 0 unspecified atom stereocenters. The molecule has 3 N–H and O–H groups in total. The molecular formula is C22H20N2O4. The average molecular weight is 376 g/mol. The summed E-state index contributed by atoms with van der Waals surface area (Å²) in [5, 5.41) is 4.93. The van der Waals surface area contributed by atoms with E-state index in [1.54, 1.807) is 24.3 Å². The van der Waals surface area contributed by atoms with Crippen molar-refractivity contribution in [3.8, 4) is 11.5 Å². The number of benzene rings is 3. The fourth-order valence-electron chi connectivity index (χ4n) is 2.74. The molecular weight excluding hydrogens is 356 g/mol. The first-order valence-corrected chi connectivity index (χ1v) is 8.63. The summed E-state index contributed by atoms with van der Waals surface area (Å²) in [5.41, 5.74) is 6.58. The van der Waals surface area contributed by atoms with Crippen molar-refractivity contribution in [1.82, 2.24) is 0 Å². The lowest BCUT2D eigenvalue weighted by Gasteiger charge is -2.10. The normalized spacial score (nSPS) is 10.8. The molecule has 0 heterocycles. The van der Waals surface area contributed by atoms with E-state index in [2.05, 4.69) is 5.32 Å². The summed E-state index contributed by atoms with van der Waals surface area (Å²) in [4.78, 5) is 23.2. The van der Waals surface area contributed by atoms with Gasteiger partial charge in [-0.2, -0.15) is 0 Å². The lowest BCUT2D eigenvalue weighted by molar-refractivity contribution is -0.120. The van der Waals surface area contributed by atoms with Gasteiger partial charge in [0.2, 0.25) is 5.91 Å². The number of hydrogen-bond acceptors (Lipinski definition) is 4. The number of amides is 2. The van der Waals surface area contributed by atoms with Crippen molar-refractivity contribution < 1.29 is 19.1 Å². The van der Waals surface area contributed by atoms with Gasteiger partial charge < -0.3 is 20.5 Å². The van der Waals surface area contributed by atoms with Gasteiger partial charge in [-0.05, 0) is 35.2 Å². The number of methoxy groups -OCH3 is 1. The average Bonchev–Trinajstić information content (AvgIpc) is 2.71. The maximum atomic E-state index is 12.3. The van der Waals surface area contributed by atoms with Crippen molar-refractivity contribution in [3.63, 3.8) is 0 Å². The molecule has 0 aromatic heterocycles. The molecule has 142 valence electrons. The molecule has 6 nitrogen and oxygen atoms in total. The Morgan fingerprint density at radius 3 is 2.61 bits per heavy atom. The largest absolute Gasteiger partial charge is 0.493 e. The third kappa shape index (κ3) is 4.67. The quantitative estimate of drug-likeness (QED) is 0.619. The summed E-state index contributed by atoms with van der Waals surface area (Å²) in [6, 6.07) is 18.7. The second-order valence-electron chi connectivity index (χ2n) is 6.01. The molecule has 0 aliphatic rings. The van der Waals surface area contributed by atoms with Crippen LogP contribution >= 0.6 is 0 Å². The van der Waals surface area contributed by atoms with E-state index < -0.39 is 5.91 Å². The lowest BCUT2D eigenvalue weighted by Crippen LogP contribution is -2.20. The number of carbonyl (C=O) groups is 2. The Labute approximate surface area is 162 Å². The van der Waals surface area contributed by atoms with Crippen molar-refractivity contribution in [2.24, 2.45) is 5.73 Å². The second-order valence-corrected chi connectivity index (χ2v) is 6.01. The van der Waals surface area contributed by atoms with Gasteiger partial charge in [0.05, 0.1) is 7.11 Å². The number of carbonyl (C=O) groups excluding carboxylic acids is 2. The van der Waals surface area contributed by atoms with Crippen LogP contribution < -0.4 is 20.5 Å². The molecule has 0 bridgehead atoms. The van der Waals surface area contributed by atoms with Gasteiger partial charge in [-0.1, -0.05) is 42.5 Å². The van der Waals surface area contributed by atoms with Crippen LogP contribution in [0.3, 0.4) is 0 Å². The Kier molecular flexibility index (Phi) is 5.91. The van der Waals surface area contributed by atoms with Gasteiger partial charge in [0, 0.05) is 17.1 Å². The highest BCUT2D eigenvalue weighted by Crippen LogP contribution is 2.28. The monoisotopic (exact) mass is 376 g/mol. The topological polar surface area (TPSA) is 90.7 Å². The summed E-state index contributed by atoms with van der Waals surface area (Å²) in [5.74, 6) is 0.0250. The minimum atomic E-state index is -0.573. The van der Waals surface area contributed by atoms with Crippen molar-refractivity contribution in [2.75, 3.05) is 19.0 Å². The van der Waals surface area contributed by atoms with E-state index in [-0.39, 0.29) is 12.5 Å². The molecule has 2 amide bonds. The van der Waals surface area contributed by atoms with Gasteiger partial charge in [0.1, 0.15) is 0 Å². The van der Waals surface area contributed by atoms with Crippen LogP contribution in [0.25, 0.3) is 16.8 Å². The number of nitrogens with two attached hydrogens (primary N) is 1. The Morgan fingerprint density at radius 2 is 1.82 bits per heavy atom. The highest BCUT2D eigenvalue weighted by molar-refractivity contribution is 6.07. The van der Waals surface area contributed by atoms with Gasteiger partial charge in [0.25, 0.3) is 5.91 Å². The van der Waals surface area contributed by atoms with Crippen molar-refractivity contribution in [3.05, 3.63) is 72.3 Å². The number of hydrogen-bond donors (Lipinski definition) is 2. The summed E-state index contributed by atoms with van der Waals surface area (Å²) < 4.78 is 10.5. The molecule has 3 aromatic rings. The molecule has 3 aromatic carbocycles. The summed E-state index contributed by atoms with van der Waals surface area (Å²) in [7, 11) is 1.49. The minimum Gasteiger partial charge on any atom is -0.493 e. The summed E-state index contributed by atoms with van der Waals surface area (Å²) >= 11 is 0. The molecule has 0 saturated heterocycles. The molecule has 6 heteroatoms. The molecule has 0 spiro atoms. The highest BCUT2D eigenvalue weighted by Gasteiger charge is 2.07. The van der Waals surface area contributed by atoms with Crippen molar-refractivity contribution in [2.45, 2.75) is 0 Å². The van der Waals surface area contributed by atoms with E-state index in [4.69, 9.17) is 15.2 Å². The van der Waals surface area contributed by atoms with Crippen LogP contribution in [0.5, 0.6) is 11.5 Å². The van der Waals surface area contributed by atoms with Crippen LogP contribution in [-0.4, -0.2) is 25.5 Å². The van der Waals surface area contributed by atoms with Gasteiger partial charge >= 0.3 is 0 Å². The van der Waals surface area contributed by atoms with Crippen LogP contribution in [-0.2, 0) is 9.59 Å². The number of anilines is 1. The van der Waals surface area contributed by atoms with Crippen LogP contribution in [0.15, 0.2) is 66.7 Å². The van der Waals surface area contributed by atoms with Crippen LogP contribution in [0.4, 0.5) is 5.69 Å². The zero-order valence-electron chi connectivity index (χ0n) is 15.3. The minimum absolute atomic E-state index is 0.237. The molecule has 3 rings (SSSR count). The van der Waals surface area contributed by atoms with Crippen LogP contribution in [0, 0.1) is 0 Å². The molecule has 0 saturated carbocycles. The van der Waals surface area contributed by atoms with Gasteiger partial charge in [-0.15, -0.1) is 0 Å². The first-order chi connectivity index (χ1) is 13.6. The molecule has 0 atom stereocenters. The first-order valence-electron chi connectivity index (χ1n) is 8.63. The third-order valence-corrected chi connectivity index (χ3v) is 4.03. The van der Waals surface area contributed by atoms with E-state index in [1.807, 2.05) is 42.5 Å². The van der Waals surface area contributed by atoms with Crippen molar-refractivity contribution in [1.29, 1.82) is 0 Å². The predicted octanol–water partition coefficient (Wildman–Crippen LogP) is 3.36. The molecule has 0 fully saturated rings. The molecule has 0 radical (unpaired) electrons. The standard InChI is InChI=1S/C22H20N2O4/c1-27-20-13-15(9-11-19(20)28-14-21(23)25)10-12-22(26)24-18-8-4-6-16-5-2-3-7-17(16)18/h2-13H,14H2,1H3,(H2,23,25)(H,24,26)/b12-10+. The van der Waals surface area contributed by atoms with E-state index in [1.165, 1.54) is 13.2 Å². The number of primary amides is 1. The van der Waals surface area contributed by atoms with E-state index in [9.17, 15) is 9.59 Å². The van der Waals surface area contributed by atoms with Gasteiger partial charge in [-0.25, -0.2) is 0 Å². The number of nitrogens with one attached hydrogen (secondary N) is 1. The highest BCUT2D eigenvalue weighted by atomic mass is 16.5. The maximum Gasteiger partial charge on any atom is 0.255 e. The zero-order valence-corrected chi connectivity index (χ0v) is 15.3. The second kappa shape index (κ2) is 8.73. The number of ether oxygens (including phenoxy) is 2. The molecule has 28 heavy (non-hydrogen) atoms. The third-order valence-electron chi connectivity index (χ3n) is 4.03. The van der Waals surface area contributed by atoms with E-state index >= 15 is 0 Å². The summed E-state index contributed by atoms with van der Waals surface area (Å²) in [6.45, 7) is -0.237. The fourth-order valence-corrected chi connectivity index (χ4v) is 2.74. The lowest BCUT2D eigenvalue weighted by atomic mass is 10.1. The maximum absolute atomic E-state index is 12.3. The Hall–Kier alpha value is -3.80. The zero-order chi connectivity index (χ0) is 19.9. The van der Waals surface area contributed by atoms with Crippen molar-refractivity contribution >= 4 is 34.4 Å². The van der Waals surface area contributed by atoms with Crippen LogP contribution in [0.1, 0.15) is 5.56 Å². The fraction of sp³-hybridized carbons (Fsp3) is 0.0909. The Balaban J connectivity index is 1.72. The smallest absolute Gasteiger partial charge is 0.255 e. The van der Waals surface area contributed by atoms with Crippen LogP contribution in [0.2, 0.25) is 0 Å². The van der Waals surface area contributed by atoms with E-state index in [0.29, 0.717) is 11.5 Å². The number of fused-ring (bicyclic) bond motifs is 1. The van der Waals surface area contributed by atoms with Gasteiger partial charge in [0.15, 0.2) is 18.1 Å².